The number of aliphatic hydroxyl groups excluding tert-OH is 7. The van der Waals surface area contributed by atoms with Crippen LogP contribution in [0.4, 0.5) is 0 Å². The molecule has 2 saturated heterocycles. The summed E-state index contributed by atoms with van der Waals surface area (Å²) in [5.41, 5.74) is 0. The van der Waals surface area contributed by atoms with Crippen molar-refractivity contribution in [2.24, 2.45) is 0 Å². The molecule has 0 saturated carbocycles. The second kappa shape index (κ2) is 9.02. The highest BCUT2D eigenvalue weighted by atomic mass is 31.2. The molecule has 27 heavy (non-hydrogen) atoms. The van der Waals surface area contributed by atoms with Gasteiger partial charge in [-0.05, 0) is 0 Å². The minimum Gasteiger partial charge on any atom is -0.394 e. The summed E-state index contributed by atoms with van der Waals surface area (Å²) in [6.45, 7) is -1.62. The molecule has 0 radical (unpaired) electrons. The SMILES string of the molecule is O=P(O)(O)OC[C@H]1O[C@H](O[C@@H]2[C@H](O)[C@@H](O)O[C@H](CO)[C@H]2O)[C@@H](O)[C@@H](O)[C@@H]1O. The van der Waals surface area contributed by atoms with Crippen molar-refractivity contribution in [3.8, 4) is 0 Å². The third-order valence-corrected chi connectivity index (χ3v) is 4.69. The Morgan fingerprint density at radius 2 is 1.44 bits per heavy atom. The summed E-state index contributed by atoms with van der Waals surface area (Å²) < 4.78 is 30.1. The Morgan fingerprint density at radius 1 is 0.815 bits per heavy atom. The van der Waals surface area contributed by atoms with Gasteiger partial charge >= 0.3 is 7.82 Å². The molecule has 160 valence electrons. The van der Waals surface area contributed by atoms with Crippen molar-refractivity contribution in [2.45, 2.75) is 61.4 Å². The standard InChI is InChI=1S/C12H23O14P/c13-1-3-6(15)10(9(18)11(19)24-3)26-12-8(17)7(16)5(14)4(25-12)2-23-27(20,21)22/h3-19H,1-2H2,(H2,20,21,22)/t3-,4-,5-,6-,7+,8+,9+,10+,11+,12-/m1/s1. The van der Waals surface area contributed by atoms with Crippen molar-refractivity contribution in [3.05, 3.63) is 0 Å². The van der Waals surface area contributed by atoms with Gasteiger partial charge in [0.05, 0.1) is 13.2 Å². The van der Waals surface area contributed by atoms with Gasteiger partial charge in [0.15, 0.2) is 12.6 Å². The van der Waals surface area contributed by atoms with Crippen LogP contribution in [-0.2, 0) is 23.3 Å². The van der Waals surface area contributed by atoms with Crippen LogP contribution in [-0.4, -0.2) is 120 Å². The minimum atomic E-state index is -4.92. The van der Waals surface area contributed by atoms with E-state index >= 15 is 0 Å². The normalized spacial score (nSPS) is 46.4. The lowest BCUT2D eigenvalue weighted by molar-refractivity contribution is -0.355. The van der Waals surface area contributed by atoms with Gasteiger partial charge in [-0.1, -0.05) is 0 Å². The summed E-state index contributed by atoms with van der Waals surface area (Å²) in [4.78, 5) is 17.4. The zero-order valence-corrected chi connectivity index (χ0v) is 14.6. The second-order valence-corrected chi connectivity index (χ2v) is 7.37. The number of ether oxygens (including phenoxy) is 3. The highest BCUT2D eigenvalue weighted by Crippen LogP contribution is 2.37. The van der Waals surface area contributed by atoms with Crippen LogP contribution in [0.5, 0.6) is 0 Å². The van der Waals surface area contributed by atoms with Crippen molar-refractivity contribution in [1.82, 2.24) is 0 Å². The number of rotatable bonds is 6. The van der Waals surface area contributed by atoms with E-state index < -0.39 is 82.4 Å². The Bertz CT molecular complexity index is 528. The van der Waals surface area contributed by atoms with Crippen molar-refractivity contribution in [2.75, 3.05) is 13.2 Å². The Kier molecular flexibility index (Phi) is 7.68. The number of aliphatic hydroxyl groups is 7. The smallest absolute Gasteiger partial charge is 0.394 e. The maximum Gasteiger partial charge on any atom is 0.469 e. The molecule has 0 aliphatic carbocycles. The number of phosphoric acid groups is 1. The Balaban J connectivity index is 2.11. The van der Waals surface area contributed by atoms with Gasteiger partial charge in [0.2, 0.25) is 0 Å². The van der Waals surface area contributed by atoms with E-state index in [0.717, 1.165) is 0 Å². The monoisotopic (exact) mass is 422 g/mol. The van der Waals surface area contributed by atoms with Gasteiger partial charge in [0.25, 0.3) is 0 Å². The fourth-order valence-corrected chi connectivity index (χ4v) is 3.06. The summed E-state index contributed by atoms with van der Waals surface area (Å²) in [5, 5.41) is 68.4. The highest BCUT2D eigenvalue weighted by Gasteiger charge is 2.50. The molecule has 0 aromatic heterocycles. The van der Waals surface area contributed by atoms with Crippen LogP contribution in [0.15, 0.2) is 0 Å². The number of phosphoric ester groups is 1. The number of hydrogen-bond acceptors (Lipinski definition) is 12. The van der Waals surface area contributed by atoms with Crippen molar-refractivity contribution < 1.29 is 68.8 Å². The van der Waals surface area contributed by atoms with Gasteiger partial charge in [0, 0.05) is 0 Å². The molecule has 0 amide bonds. The third-order valence-electron chi connectivity index (χ3n) is 4.21. The van der Waals surface area contributed by atoms with Gasteiger partial charge < -0.3 is 59.7 Å². The van der Waals surface area contributed by atoms with Gasteiger partial charge in [-0.15, -0.1) is 0 Å². The molecule has 2 aliphatic rings. The molecule has 0 bridgehead atoms. The Morgan fingerprint density at radius 3 is 2.00 bits per heavy atom. The van der Waals surface area contributed by atoms with Crippen LogP contribution in [0.2, 0.25) is 0 Å². The molecule has 0 spiro atoms. The molecule has 0 unspecified atom stereocenters. The highest BCUT2D eigenvalue weighted by molar-refractivity contribution is 7.46. The van der Waals surface area contributed by atoms with E-state index in [-0.39, 0.29) is 0 Å². The lowest BCUT2D eigenvalue weighted by Crippen LogP contribution is -2.64. The van der Waals surface area contributed by atoms with Crippen LogP contribution in [0, 0.1) is 0 Å². The predicted octanol–water partition coefficient (Wildman–Crippen LogP) is -5.28. The molecule has 14 nitrogen and oxygen atoms in total. The van der Waals surface area contributed by atoms with Crippen LogP contribution in [0.25, 0.3) is 0 Å². The minimum absolute atomic E-state index is 0.737. The average molecular weight is 422 g/mol. The topological polar surface area (TPSA) is 236 Å². The zero-order chi connectivity index (χ0) is 20.5. The molecular weight excluding hydrogens is 399 g/mol. The number of hydrogen-bond donors (Lipinski definition) is 9. The van der Waals surface area contributed by atoms with Crippen molar-refractivity contribution in [3.63, 3.8) is 0 Å². The molecule has 0 aromatic rings. The van der Waals surface area contributed by atoms with Crippen LogP contribution < -0.4 is 0 Å². The molecule has 2 heterocycles. The first-order chi connectivity index (χ1) is 12.5. The lowest BCUT2D eigenvalue weighted by atomic mass is 9.97. The first-order valence-corrected chi connectivity index (χ1v) is 9.35. The van der Waals surface area contributed by atoms with E-state index in [1.54, 1.807) is 0 Å². The maximum atomic E-state index is 10.8. The fourth-order valence-electron chi connectivity index (χ4n) is 2.72. The Hall–Kier alpha value is -0.290. The first-order valence-electron chi connectivity index (χ1n) is 7.82. The van der Waals surface area contributed by atoms with E-state index in [1.807, 2.05) is 0 Å². The van der Waals surface area contributed by atoms with Gasteiger partial charge in [-0.2, -0.15) is 0 Å². The maximum absolute atomic E-state index is 10.8. The molecule has 15 heteroatoms. The second-order valence-electron chi connectivity index (χ2n) is 6.13. The quantitative estimate of drug-likeness (QED) is 0.182. The third kappa shape index (κ3) is 5.41. The fraction of sp³-hybridized carbons (Fsp3) is 1.00. The van der Waals surface area contributed by atoms with E-state index in [0.29, 0.717) is 0 Å². The van der Waals surface area contributed by atoms with E-state index in [1.165, 1.54) is 0 Å². The predicted molar refractivity (Wildman–Crippen MR) is 79.5 cm³/mol. The lowest BCUT2D eigenvalue weighted by Gasteiger charge is -2.45. The van der Waals surface area contributed by atoms with E-state index in [2.05, 4.69) is 4.52 Å². The van der Waals surface area contributed by atoms with Gasteiger partial charge in [-0.3, -0.25) is 4.52 Å². The van der Waals surface area contributed by atoms with Crippen molar-refractivity contribution >= 4 is 7.82 Å². The summed E-state index contributed by atoms with van der Waals surface area (Å²) in [6.07, 6.45) is -17.2. The average Bonchev–Trinajstić information content (AvgIpc) is 2.59. The van der Waals surface area contributed by atoms with E-state index in [4.69, 9.17) is 29.1 Å². The largest absolute Gasteiger partial charge is 0.469 e. The van der Waals surface area contributed by atoms with Crippen LogP contribution >= 0.6 is 7.82 Å². The van der Waals surface area contributed by atoms with Crippen LogP contribution in [0.3, 0.4) is 0 Å². The molecule has 0 aromatic carbocycles. The summed E-state index contributed by atoms with van der Waals surface area (Å²) >= 11 is 0. The van der Waals surface area contributed by atoms with E-state index in [9.17, 15) is 35.2 Å². The van der Waals surface area contributed by atoms with Gasteiger partial charge in [-0.25, -0.2) is 4.57 Å². The van der Waals surface area contributed by atoms with Gasteiger partial charge in [0.1, 0.15) is 48.8 Å². The molecule has 2 aliphatic heterocycles. The zero-order valence-electron chi connectivity index (χ0n) is 13.7. The molecule has 2 fully saturated rings. The molecule has 10 atom stereocenters. The molecule has 9 N–H and O–H groups in total. The summed E-state index contributed by atoms with van der Waals surface area (Å²) in [6, 6.07) is 0. The summed E-state index contributed by atoms with van der Waals surface area (Å²) in [7, 11) is -4.92. The molecule has 2 rings (SSSR count). The molecular formula is C12H23O14P. The summed E-state index contributed by atoms with van der Waals surface area (Å²) in [5.74, 6) is 0. The first kappa shape index (κ1) is 23.0. The van der Waals surface area contributed by atoms with Crippen molar-refractivity contribution in [1.29, 1.82) is 0 Å². The van der Waals surface area contributed by atoms with Crippen LogP contribution in [0.1, 0.15) is 0 Å². The Labute approximate surface area is 152 Å².